The molecule has 3 aliphatic carbocycles. The van der Waals surface area contributed by atoms with Gasteiger partial charge in [0.15, 0.2) is 0 Å². The first kappa shape index (κ1) is 42.7. The molecule has 3 aliphatic rings. The van der Waals surface area contributed by atoms with E-state index in [1.54, 1.807) is 12.1 Å². The average molecular weight is 925 g/mol. The lowest BCUT2D eigenvalue weighted by molar-refractivity contribution is 0.609. The van der Waals surface area contributed by atoms with Gasteiger partial charge in [0.05, 0.1) is 0 Å². The molecule has 11 aromatic carbocycles. The van der Waals surface area contributed by atoms with Gasteiger partial charge in [-0.3, -0.25) is 0 Å². The van der Waals surface area contributed by atoms with Crippen molar-refractivity contribution in [3.63, 3.8) is 0 Å². The summed E-state index contributed by atoms with van der Waals surface area (Å²) in [5.41, 5.74) is 27.1. The number of halogens is 1. The average Bonchev–Trinajstić information content (AvgIpc) is 3.88. The summed E-state index contributed by atoms with van der Waals surface area (Å²) in [4.78, 5) is 0. The number of rotatable bonds is 5. The highest BCUT2D eigenvalue weighted by Crippen LogP contribution is 2.55. The molecule has 0 bridgehead atoms. The molecule has 0 aliphatic heterocycles. The minimum Gasteiger partial charge on any atom is -0.207 e. The van der Waals surface area contributed by atoms with Crippen molar-refractivity contribution in [3.05, 3.63) is 252 Å². The molecule has 72 heavy (non-hydrogen) atoms. The van der Waals surface area contributed by atoms with Crippen molar-refractivity contribution in [2.45, 2.75) is 57.8 Å². The molecule has 0 nitrogen and oxygen atoms in total. The Morgan fingerprint density at radius 3 is 0.861 bits per heavy atom. The van der Waals surface area contributed by atoms with Crippen LogP contribution in [0.5, 0.6) is 0 Å². The lowest BCUT2D eigenvalue weighted by Crippen LogP contribution is -2.15. The standard InChI is InChI=1S/C71H53F/c1-69(2)61-36-45(44-22-20-43(21-23-44)42-14-8-7-9-15-42)24-30-51(61)52-31-25-46(37-62(52)69)47-26-32-53-54-33-27-48(39-64(54)70(3,4)63(53)38-47)67-57-16-10-12-18-59(57)68(60-19-13-11-17-58(60)67)49-28-34-55-56-35-29-50(72)41-66(56)71(5,6)65(55)40-49/h7-41H,1-6H3. The molecule has 0 N–H and O–H groups in total. The Labute approximate surface area is 422 Å². The molecule has 0 saturated heterocycles. The molecule has 0 saturated carbocycles. The second-order valence-corrected chi connectivity index (χ2v) is 22.2. The van der Waals surface area contributed by atoms with E-state index in [2.05, 4.69) is 236 Å². The fourth-order valence-electron chi connectivity index (χ4n) is 13.3. The third-order valence-electron chi connectivity index (χ3n) is 17.2. The zero-order valence-corrected chi connectivity index (χ0v) is 41.6. The Hall–Kier alpha value is -8.13. The van der Waals surface area contributed by atoms with Crippen LogP contribution in [0.3, 0.4) is 0 Å². The Morgan fingerprint density at radius 1 is 0.236 bits per heavy atom. The first-order chi connectivity index (χ1) is 34.9. The van der Waals surface area contributed by atoms with Crippen LogP contribution >= 0.6 is 0 Å². The highest BCUT2D eigenvalue weighted by atomic mass is 19.1. The quantitative estimate of drug-likeness (QED) is 0.151. The van der Waals surface area contributed by atoms with Crippen molar-refractivity contribution in [2.24, 2.45) is 0 Å². The summed E-state index contributed by atoms with van der Waals surface area (Å²) in [6.07, 6.45) is 0. The molecule has 0 fully saturated rings. The van der Waals surface area contributed by atoms with Crippen LogP contribution in [0.15, 0.2) is 212 Å². The highest BCUT2D eigenvalue weighted by molar-refractivity contribution is 6.21. The molecule has 0 atom stereocenters. The molecular formula is C71H53F. The monoisotopic (exact) mass is 924 g/mol. The fourth-order valence-corrected chi connectivity index (χ4v) is 13.3. The molecule has 14 rings (SSSR count). The Bertz CT molecular complexity index is 4050. The smallest absolute Gasteiger partial charge is 0.123 e. The first-order valence-electron chi connectivity index (χ1n) is 25.5. The lowest BCUT2D eigenvalue weighted by atomic mass is 9.79. The second kappa shape index (κ2) is 15.2. The Morgan fingerprint density at radius 2 is 0.486 bits per heavy atom. The number of fused-ring (bicyclic) bond motifs is 11. The van der Waals surface area contributed by atoms with E-state index in [9.17, 15) is 4.39 Å². The summed E-state index contributed by atoms with van der Waals surface area (Å²) in [7, 11) is 0. The number of benzene rings is 11. The Balaban J connectivity index is 0.812. The van der Waals surface area contributed by atoms with Crippen LogP contribution in [0.2, 0.25) is 0 Å². The van der Waals surface area contributed by atoms with Gasteiger partial charge in [-0.1, -0.05) is 211 Å². The zero-order chi connectivity index (χ0) is 48.8. The largest absolute Gasteiger partial charge is 0.207 e. The third-order valence-corrected chi connectivity index (χ3v) is 17.2. The summed E-state index contributed by atoms with van der Waals surface area (Å²) < 4.78 is 14.6. The minimum absolute atomic E-state index is 0.150. The van der Waals surface area contributed by atoms with Gasteiger partial charge in [-0.05, 0) is 186 Å². The number of hydrogen-bond donors (Lipinski definition) is 0. The fraction of sp³-hybridized carbons (Fsp3) is 0.127. The van der Waals surface area contributed by atoms with Gasteiger partial charge in [-0.2, -0.15) is 0 Å². The molecule has 0 amide bonds. The highest BCUT2D eigenvalue weighted by Gasteiger charge is 2.39. The van der Waals surface area contributed by atoms with E-state index in [4.69, 9.17) is 0 Å². The molecule has 0 heterocycles. The minimum atomic E-state index is -0.322. The molecule has 0 spiro atoms. The van der Waals surface area contributed by atoms with Crippen LogP contribution in [0, 0.1) is 5.82 Å². The van der Waals surface area contributed by atoms with Crippen molar-refractivity contribution in [1.82, 2.24) is 0 Å². The van der Waals surface area contributed by atoms with E-state index in [0.717, 1.165) is 11.1 Å². The van der Waals surface area contributed by atoms with E-state index in [1.807, 2.05) is 6.07 Å². The maximum Gasteiger partial charge on any atom is 0.123 e. The third kappa shape index (κ3) is 6.10. The predicted molar refractivity (Wildman–Crippen MR) is 301 cm³/mol. The maximum absolute atomic E-state index is 14.6. The summed E-state index contributed by atoms with van der Waals surface area (Å²) in [6, 6.07) is 78.2. The van der Waals surface area contributed by atoms with Gasteiger partial charge in [-0.15, -0.1) is 0 Å². The molecule has 0 radical (unpaired) electrons. The van der Waals surface area contributed by atoms with Crippen LogP contribution in [0.1, 0.15) is 74.9 Å². The number of hydrogen-bond acceptors (Lipinski definition) is 0. The van der Waals surface area contributed by atoms with E-state index in [-0.39, 0.29) is 22.1 Å². The van der Waals surface area contributed by atoms with Crippen LogP contribution in [0.25, 0.3) is 111 Å². The van der Waals surface area contributed by atoms with E-state index < -0.39 is 0 Å². The van der Waals surface area contributed by atoms with E-state index in [1.165, 1.54) is 133 Å². The lowest BCUT2D eigenvalue weighted by Gasteiger charge is -2.24. The normalized spacial score (nSPS) is 14.9. The van der Waals surface area contributed by atoms with Crippen LogP contribution in [-0.4, -0.2) is 0 Å². The first-order valence-corrected chi connectivity index (χ1v) is 25.5. The van der Waals surface area contributed by atoms with Crippen LogP contribution in [0.4, 0.5) is 4.39 Å². The second-order valence-electron chi connectivity index (χ2n) is 22.2. The molecular weight excluding hydrogens is 872 g/mol. The molecule has 1 heteroatoms. The molecule has 344 valence electrons. The summed E-state index contributed by atoms with van der Waals surface area (Å²) in [6.45, 7) is 14.0. The SMILES string of the molecule is CC1(C)c2cc(-c3ccc(-c4ccccc4)cc3)ccc2-c2ccc(-c3ccc4c(c3)C(C)(C)c3cc(-c5c6ccccc6c(-c6ccc7c(c6)C(C)(C)c6cc(F)ccc6-7)c6ccccc56)ccc3-4)cc21. The van der Waals surface area contributed by atoms with Gasteiger partial charge in [0.25, 0.3) is 0 Å². The summed E-state index contributed by atoms with van der Waals surface area (Å²) in [5.74, 6) is -0.186. The van der Waals surface area contributed by atoms with Crippen molar-refractivity contribution < 1.29 is 4.39 Å². The van der Waals surface area contributed by atoms with Crippen molar-refractivity contribution in [3.8, 4) is 89.0 Å². The van der Waals surface area contributed by atoms with Crippen LogP contribution in [-0.2, 0) is 16.2 Å². The van der Waals surface area contributed by atoms with Crippen molar-refractivity contribution in [1.29, 1.82) is 0 Å². The van der Waals surface area contributed by atoms with E-state index >= 15 is 0 Å². The predicted octanol–water partition coefficient (Wildman–Crippen LogP) is 19.4. The summed E-state index contributed by atoms with van der Waals surface area (Å²) >= 11 is 0. The molecule has 0 unspecified atom stereocenters. The molecule has 11 aromatic rings. The Kier molecular flexibility index (Phi) is 9.01. The van der Waals surface area contributed by atoms with Gasteiger partial charge in [0, 0.05) is 16.2 Å². The van der Waals surface area contributed by atoms with Gasteiger partial charge >= 0.3 is 0 Å². The maximum atomic E-state index is 14.6. The van der Waals surface area contributed by atoms with Crippen molar-refractivity contribution >= 4 is 21.5 Å². The van der Waals surface area contributed by atoms with Crippen molar-refractivity contribution in [2.75, 3.05) is 0 Å². The topological polar surface area (TPSA) is 0 Å². The van der Waals surface area contributed by atoms with Gasteiger partial charge < -0.3 is 0 Å². The van der Waals surface area contributed by atoms with Gasteiger partial charge in [0.2, 0.25) is 0 Å². The zero-order valence-electron chi connectivity index (χ0n) is 41.6. The molecule has 0 aromatic heterocycles. The summed E-state index contributed by atoms with van der Waals surface area (Å²) in [5, 5.41) is 4.94. The van der Waals surface area contributed by atoms with Gasteiger partial charge in [-0.25, -0.2) is 4.39 Å². The van der Waals surface area contributed by atoms with E-state index in [0.29, 0.717) is 0 Å². The van der Waals surface area contributed by atoms with Crippen LogP contribution < -0.4 is 0 Å². The van der Waals surface area contributed by atoms with Gasteiger partial charge in [0.1, 0.15) is 5.82 Å².